The molecule has 28 heavy (non-hydrogen) atoms. The molecule has 2 aromatic rings. The van der Waals surface area contributed by atoms with Crippen molar-refractivity contribution in [3.63, 3.8) is 0 Å². The molecule has 0 saturated heterocycles. The lowest BCUT2D eigenvalue weighted by atomic mass is 10.1. The molecule has 0 spiro atoms. The van der Waals surface area contributed by atoms with Gasteiger partial charge in [0.2, 0.25) is 0 Å². The van der Waals surface area contributed by atoms with E-state index in [1.807, 2.05) is 5.43 Å². The first-order valence-corrected chi connectivity index (χ1v) is 7.49. The van der Waals surface area contributed by atoms with Crippen molar-refractivity contribution < 1.29 is 19.7 Å². The maximum absolute atomic E-state index is 12.0. The Morgan fingerprint density at radius 1 is 1.14 bits per heavy atom. The molecule has 0 aliphatic heterocycles. The van der Waals surface area contributed by atoms with Gasteiger partial charge in [0.25, 0.3) is 17.3 Å². The number of nitro benzene ring substituents is 2. The molecule has 2 aromatic carbocycles. The number of phenolic OH excluding ortho intramolecular Hbond substituents is 1. The molecule has 11 heteroatoms. The van der Waals surface area contributed by atoms with Crippen molar-refractivity contribution in [2.45, 2.75) is 0 Å². The van der Waals surface area contributed by atoms with Crippen LogP contribution in [0.4, 0.5) is 11.4 Å². The van der Waals surface area contributed by atoms with Gasteiger partial charge in [-0.3, -0.25) is 25.0 Å². The maximum atomic E-state index is 12.0. The summed E-state index contributed by atoms with van der Waals surface area (Å²) in [4.78, 5) is 32.3. The van der Waals surface area contributed by atoms with Gasteiger partial charge >= 0.3 is 0 Å². The Balaban J connectivity index is 2.17. The van der Waals surface area contributed by atoms with Crippen LogP contribution in [0.5, 0.6) is 5.75 Å². The lowest BCUT2D eigenvalue weighted by Crippen LogP contribution is -2.19. The van der Waals surface area contributed by atoms with Crippen molar-refractivity contribution in [1.29, 1.82) is 5.26 Å². The van der Waals surface area contributed by atoms with Gasteiger partial charge in [-0.2, -0.15) is 10.4 Å². The number of nitriles is 1. The molecule has 0 aliphatic rings. The molecule has 2 N–H and O–H groups in total. The zero-order valence-electron chi connectivity index (χ0n) is 14.0. The van der Waals surface area contributed by atoms with E-state index in [1.165, 1.54) is 24.3 Å². The van der Waals surface area contributed by atoms with E-state index in [2.05, 4.69) is 5.10 Å². The summed E-state index contributed by atoms with van der Waals surface area (Å²) in [5.41, 5.74) is 1.43. The number of benzene rings is 2. The number of nitrogens with one attached hydrogen (secondary N) is 1. The smallest absolute Gasteiger partial charge is 0.282 e. The third-order valence-electron chi connectivity index (χ3n) is 3.35. The third-order valence-corrected chi connectivity index (χ3v) is 3.35. The summed E-state index contributed by atoms with van der Waals surface area (Å²) in [6.07, 6.45) is 2.12. The summed E-state index contributed by atoms with van der Waals surface area (Å²) >= 11 is 0. The fourth-order valence-electron chi connectivity index (χ4n) is 2.02. The molecule has 140 valence electrons. The number of nitrogens with zero attached hydrogens (tertiary/aromatic N) is 4. The SMILES string of the molecule is N#C/C(=C\c1cccc([N+](=O)[O-])c1)C(=O)N/N=C/c1cc([N+](=O)[O-])ccc1O. The number of hydrazone groups is 1. The van der Waals surface area contributed by atoms with Crippen LogP contribution in [-0.2, 0) is 4.79 Å². The molecule has 1 amide bonds. The van der Waals surface area contributed by atoms with Crippen LogP contribution >= 0.6 is 0 Å². The monoisotopic (exact) mass is 381 g/mol. The molecular weight excluding hydrogens is 370 g/mol. The predicted octanol–water partition coefficient (Wildman–Crippen LogP) is 2.27. The summed E-state index contributed by atoms with van der Waals surface area (Å²) in [6, 6.07) is 10.2. The fraction of sp³-hybridized carbons (Fsp3) is 0. The zero-order chi connectivity index (χ0) is 20.7. The first kappa shape index (κ1) is 19.7. The maximum Gasteiger partial charge on any atom is 0.282 e. The average molecular weight is 381 g/mol. The van der Waals surface area contributed by atoms with E-state index in [1.54, 1.807) is 6.07 Å². The van der Waals surface area contributed by atoms with Gasteiger partial charge in [-0.15, -0.1) is 0 Å². The van der Waals surface area contributed by atoms with Crippen molar-refractivity contribution in [3.8, 4) is 11.8 Å². The number of hydrogen-bond acceptors (Lipinski definition) is 8. The van der Waals surface area contributed by atoms with Crippen molar-refractivity contribution in [1.82, 2.24) is 5.43 Å². The molecule has 0 radical (unpaired) electrons. The number of phenols is 1. The lowest BCUT2D eigenvalue weighted by Gasteiger charge is -2.00. The molecule has 0 bridgehead atoms. The Morgan fingerprint density at radius 2 is 1.82 bits per heavy atom. The Labute approximate surface area is 157 Å². The largest absolute Gasteiger partial charge is 0.507 e. The molecule has 0 heterocycles. The van der Waals surface area contributed by atoms with Gasteiger partial charge in [-0.1, -0.05) is 12.1 Å². The lowest BCUT2D eigenvalue weighted by molar-refractivity contribution is -0.385. The number of nitro groups is 2. The summed E-state index contributed by atoms with van der Waals surface area (Å²) in [5.74, 6) is -1.20. The van der Waals surface area contributed by atoms with E-state index in [9.17, 15) is 30.1 Å². The highest BCUT2D eigenvalue weighted by atomic mass is 16.6. The number of rotatable bonds is 6. The predicted molar refractivity (Wildman–Crippen MR) is 97.2 cm³/mol. The van der Waals surface area contributed by atoms with E-state index >= 15 is 0 Å². The van der Waals surface area contributed by atoms with Crippen molar-refractivity contribution in [2.75, 3.05) is 0 Å². The first-order valence-electron chi connectivity index (χ1n) is 7.49. The molecule has 0 aliphatic carbocycles. The van der Waals surface area contributed by atoms with Crippen LogP contribution in [0.3, 0.4) is 0 Å². The Morgan fingerprint density at radius 3 is 2.46 bits per heavy atom. The van der Waals surface area contributed by atoms with Crippen LogP contribution in [0.15, 0.2) is 53.1 Å². The molecular formula is C17H11N5O6. The molecule has 0 fully saturated rings. The van der Waals surface area contributed by atoms with Crippen molar-refractivity contribution in [3.05, 3.63) is 79.4 Å². The van der Waals surface area contributed by atoms with Crippen LogP contribution in [0.1, 0.15) is 11.1 Å². The fourth-order valence-corrected chi connectivity index (χ4v) is 2.02. The number of carbonyl (C=O) groups excluding carboxylic acids is 1. The molecule has 2 rings (SSSR count). The molecule has 0 aromatic heterocycles. The van der Waals surface area contributed by atoms with Crippen LogP contribution in [0, 0.1) is 31.6 Å². The Hall–Kier alpha value is -4.59. The second kappa shape index (κ2) is 8.68. The highest BCUT2D eigenvalue weighted by Gasteiger charge is 2.11. The average Bonchev–Trinajstić information content (AvgIpc) is 2.67. The Bertz CT molecular complexity index is 1050. The summed E-state index contributed by atoms with van der Waals surface area (Å²) in [7, 11) is 0. The minimum Gasteiger partial charge on any atom is -0.507 e. The zero-order valence-corrected chi connectivity index (χ0v) is 14.0. The minimum atomic E-state index is -0.907. The van der Waals surface area contributed by atoms with Crippen LogP contribution in [0.2, 0.25) is 0 Å². The van der Waals surface area contributed by atoms with Crippen molar-refractivity contribution >= 4 is 29.6 Å². The van der Waals surface area contributed by atoms with Gasteiger partial charge in [0.05, 0.1) is 16.1 Å². The van der Waals surface area contributed by atoms with E-state index in [-0.39, 0.29) is 33.8 Å². The van der Waals surface area contributed by atoms with Gasteiger partial charge in [0, 0.05) is 29.8 Å². The topological polar surface area (TPSA) is 172 Å². The molecule has 0 unspecified atom stereocenters. The number of aromatic hydroxyl groups is 1. The summed E-state index contributed by atoms with van der Waals surface area (Å²) < 4.78 is 0. The van der Waals surface area contributed by atoms with E-state index < -0.39 is 15.8 Å². The molecule has 0 saturated carbocycles. The second-order valence-corrected chi connectivity index (χ2v) is 5.22. The van der Waals surface area contributed by atoms with E-state index in [4.69, 9.17) is 5.26 Å². The van der Waals surface area contributed by atoms with Gasteiger partial charge in [0.15, 0.2) is 0 Å². The number of carbonyl (C=O) groups is 1. The van der Waals surface area contributed by atoms with Gasteiger partial charge in [-0.25, -0.2) is 5.43 Å². The normalized spacial score (nSPS) is 11.0. The van der Waals surface area contributed by atoms with Gasteiger partial charge in [-0.05, 0) is 17.7 Å². The molecule has 0 atom stereocenters. The molecule has 11 nitrogen and oxygen atoms in total. The number of amides is 1. The number of non-ortho nitro benzene ring substituents is 2. The minimum absolute atomic E-state index is 0.0179. The summed E-state index contributed by atoms with van der Waals surface area (Å²) in [5, 5.41) is 43.8. The van der Waals surface area contributed by atoms with Gasteiger partial charge in [0.1, 0.15) is 17.4 Å². The van der Waals surface area contributed by atoms with E-state index in [0.717, 1.165) is 30.5 Å². The quantitative estimate of drug-likeness (QED) is 0.254. The van der Waals surface area contributed by atoms with Crippen LogP contribution in [0.25, 0.3) is 6.08 Å². The van der Waals surface area contributed by atoms with Gasteiger partial charge < -0.3 is 5.11 Å². The first-order chi connectivity index (χ1) is 13.3. The Kier molecular flexibility index (Phi) is 6.11. The summed E-state index contributed by atoms with van der Waals surface area (Å²) in [6.45, 7) is 0. The second-order valence-electron chi connectivity index (χ2n) is 5.22. The third kappa shape index (κ3) is 4.96. The van der Waals surface area contributed by atoms with E-state index in [0.29, 0.717) is 0 Å². The highest BCUT2D eigenvalue weighted by Crippen LogP contribution is 2.21. The standard InChI is InChI=1S/C17H11N5O6/c18-9-12(6-11-2-1-3-14(7-11)21(25)26)17(24)20-19-10-13-8-15(22(27)28)4-5-16(13)23/h1-8,10,23H,(H,20,24)/b12-6+,19-10+. The number of hydrogen-bond donors (Lipinski definition) is 2. The van der Waals surface area contributed by atoms with Crippen molar-refractivity contribution in [2.24, 2.45) is 5.10 Å². The van der Waals surface area contributed by atoms with Crippen LogP contribution in [-0.4, -0.2) is 27.1 Å². The highest BCUT2D eigenvalue weighted by molar-refractivity contribution is 6.02. The van der Waals surface area contributed by atoms with Crippen LogP contribution < -0.4 is 5.43 Å².